The van der Waals surface area contributed by atoms with Gasteiger partial charge in [0, 0.05) is 23.7 Å². The van der Waals surface area contributed by atoms with Crippen molar-refractivity contribution in [3.05, 3.63) is 35.8 Å². The molecular formula is C19H27N3O3S2. The fourth-order valence-electron chi connectivity index (χ4n) is 2.63. The number of anilines is 2. The Bertz CT molecular complexity index is 788. The lowest BCUT2D eigenvalue weighted by Gasteiger charge is -2.08. The van der Waals surface area contributed by atoms with Gasteiger partial charge in [-0.25, -0.2) is 13.4 Å². The standard InChI is InChI=1S/C19H27N3O3S2/c1-2-3-4-5-6-7-8-9-18(23)21-16-10-12-17(13-11-16)27(24,25)22-19-20-14-15-26-19/h10-15H,2-9H2,1H3,(H,20,22)(H,21,23). The number of rotatable bonds is 12. The van der Waals surface area contributed by atoms with Crippen LogP contribution in [0.15, 0.2) is 40.7 Å². The summed E-state index contributed by atoms with van der Waals surface area (Å²) < 4.78 is 27.0. The molecule has 0 radical (unpaired) electrons. The zero-order chi connectivity index (χ0) is 19.5. The second kappa shape index (κ2) is 11.0. The zero-order valence-electron chi connectivity index (χ0n) is 15.6. The van der Waals surface area contributed by atoms with Gasteiger partial charge in [0.1, 0.15) is 0 Å². The SMILES string of the molecule is CCCCCCCCCC(=O)Nc1ccc(S(=O)(=O)Nc2nccs2)cc1. The number of sulfonamides is 1. The molecule has 0 aliphatic rings. The average Bonchev–Trinajstić information content (AvgIpc) is 3.13. The van der Waals surface area contributed by atoms with Crippen LogP contribution in [0.4, 0.5) is 10.8 Å². The van der Waals surface area contributed by atoms with E-state index >= 15 is 0 Å². The Kier molecular flexibility index (Phi) is 8.74. The average molecular weight is 410 g/mol. The number of nitrogens with zero attached hydrogens (tertiary/aromatic N) is 1. The highest BCUT2D eigenvalue weighted by atomic mass is 32.2. The lowest BCUT2D eigenvalue weighted by atomic mass is 10.1. The van der Waals surface area contributed by atoms with Gasteiger partial charge < -0.3 is 5.32 Å². The van der Waals surface area contributed by atoms with E-state index in [-0.39, 0.29) is 10.8 Å². The van der Waals surface area contributed by atoms with Gasteiger partial charge in [-0.05, 0) is 30.7 Å². The minimum atomic E-state index is -3.67. The first-order valence-electron chi connectivity index (χ1n) is 9.33. The number of amides is 1. The number of thiazole rings is 1. The van der Waals surface area contributed by atoms with Crippen molar-refractivity contribution in [1.29, 1.82) is 0 Å². The highest BCUT2D eigenvalue weighted by Gasteiger charge is 2.15. The number of aromatic nitrogens is 1. The topological polar surface area (TPSA) is 88.2 Å². The van der Waals surface area contributed by atoms with Crippen LogP contribution in [0.5, 0.6) is 0 Å². The molecule has 0 atom stereocenters. The highest BCUT2D eigenvalue weighted by molar-refractivity contribution is 7.93. The van der Waals surface area contributed by atoms with Crippen LogP contribution >= 0.6 is 11.3 Å². The number of benzene rings is 1. The molecule has 1 heterocycles. The monoisotopic (exact) mass is 409 g/mol. The molecule has 0 bridgehead atoms. The second-order valence-corrected chi connectivity index (χ2v) is 8.96. The van der Waals surface area contributed by atoms with E-state index in [1.165, 1.54) is 61.8 Å². The summed E-state index contributed by atoms with van der Waals surface area (Å²) in [5, 5.41) is 4.83. The van der Waals surface area contributed by atoms with Crippen LogP contribution in [-0.2, 0) is 14.8 Å². The van der Waals surface area contributed by atoms with Gasteiger partial charge in [-0.2, -0.15) is 0 Å². The lowest BCUT2D eigenvalue weighted by Crippen LogP contribution is -2.14. The van der Waals surface area contributed by atoms with E-state index in [2.05, 4.69) is 21.9 Å². The first-order chi connectivity index (χ1) is 13.0. The summed E-state index contributed by atoms with van der Waals surface area (Å²) in [6, 6.07) is 6.14. The summed E-state index contributed by atoms with van der Waals surface area (Å²) >= 11 is 1.21. The number of unbranched alkanes of at least 4 members (excludes halogenated alkanes) is 6. The van der Waals surface area contributed by atoms with Crippen molar-refractivity contribution in [2.24, 2.45) is 0 Å². The molecule has 2 aromatic rings. The Morgan fingerprint density at radius 3 is 2.33 bits per heavy atom. The van der Waals surface area contributed by atoms with Gasteiger partial charge in [-0.3, -0.25) is 9.52 Å². The molecule has 1 aromatic heterocycles. The smallest absolute Gasteiger partial charge is 0.263 e. The normalized spacial score (nSPS) is 11.3. The van der Waals surface area contributed by atoms with Crippen molar-refractivity contribution in [3.8, 4) is 0 Å². The third-order valence-electron chi connectivity index (χ3n) is 4.11. The van der Waals surface area contributed by atoms with Crippen LogP contribution in [-0.4, -0.2) is 19.3 Å². The molecule has 0 aliphatic heterocycles. The van der Waals surface area contributed by atoms with Gasteiger partial charge in [0.05, 0.1) is 4.90 Å². The van der Waals surface area contributed by atoms with Gasteiger partial charge >= 0.3 is 0 Å². The van der Waals surface area contributed by atoms with E-state index in [0.717, 1.165) is 12.8 Å². The van der Waals surface area contributed by atoms with Gasteiger partial charge in [0.15, 0.2) is 5.13 Å². The molecule has 0 saturated carbocycles. The van der Waals surface area contributed by atoms with Gasteiger partial charge in [-0.1, -0.05) is 45.4 Å². The van der Waals surface area contributed by atoms with Gasteiger partial charge in [0.25, 0.3) is 10.0 Å². The number of hydrogen-bond acceptors (Lipinski definition) is 5. The second-order valence-electron chi connectivity index (χ2n) is 6.39. The molecule has 148 valence electrons. The van der Waals surface area contributed by atoms with Crippen LogP contribution in [0.25, 0.3) is 0 Å². The molecule has 27 heavy (non-hydrogen) atoms. The Morgan fingerprint density at radius 2 is 1.70 bits per heavy atom. The Morgan fingerprint density at radius 1 is 1.04 bits per heavy atom. The third-order valence-corrected chi connectivity index (χ3v) is 6.28. The summed E-state index contributed by atoms with van der Waals surface area (Å²) in [4.78, 5) is 16.0. The Labute approximate surface area is 165 Å². The van der Waals surface area contributed by atoms with Crippen molar-refractivity contribution in [1.82, 2.24) is 4.98 Å². The summed E-state index contributed by atoms with van der Waals surface area (Å²) in [6.45, 7) is 2.20. The lowest BCUT2D eigenvalue weighted by molar-refractivity contribution is -0.116. The van der Waals surface area contributed by atoms with Crippen molar-refractivity contribution in [3.63, 3.8) is 0 Å². The maximum Gasteiger partial charge on any atom is 0.263 e. The molecule has 8 heteroatoms. The largest absolute Gasteiger partial charge is 0.326 e. The molecule has 1 amide bonds. The van der Waals surface area contributed by atoms with E-state index in [1.807, 2.05) is 0 Å². The predicted octanol–water partition coefficient (Wildman–Crippen LogP) is 5.02. The molecule has 2 N–H and O–H groups in total. The number of carbonyl (C=O) groups is 1. The fourth-order valence-corrected chi connectivity index (χ4v) is 4.42. The van der Waals surface area contributed by atoms with E-state index in [1.54, 1.807) is 17.5 Å². The summed E-state index contributed by atoms with van der Waals surface area (Å²) in [5.41, 5.74) is 0.594. The number of carbonyl (C=O) groups excluding carboxylic acids is 1. The number of nitrogens with one attached hydrogen (secondary N) is 2. The van der Waals surface area contributed by atoms with Gasteiger partial charge in [0.2, 0.25) is 5.91 Å². The summed E-state index contributed by atoms with van der Waals surface area (Å²) in [6.07, 6.45) is 10.2. The van der Waals surface area contributed by atoms with E-state index in [4.69, 9.17) is 0 Å². The van der Waals surface area contributed by atoms with Crippen molar-refractivity contribution >= 4 is 38.1 Å². The molecule has 0 saturated heterocycles. The fraction of sp³-hybridized carbons (Fsp3) is 0.474. The molecule has 0 spiro atoms. The number of hydrogen-bond donors (Lipinski definition) is 2. The first kappa shape index (κ1) is 21.4. The third kappa shape index (κ3) is 7.68. The quantitative estimate of drug-likeness (QED) is 0.482. The van der Waals surface area contributed by atoms with Crippen LogP contribution in [0.3, 0.4) is 0 Å². The first-order valence-corrected chi connectivity index (χ1v) is 11.7. The van der Waals surface area contributed by atoms with Gasteiger partial charge in [-0.15, -0.1) is 11.3 Å². The molecular weight excluding hydrogens is 382 g/mol. The molecule has 2 rings (SSSR count). The predicted molar refractivity (Wildman–Crippen MR) is 111 cm³/mol. The molecule has 1 aromatic carbocycles. The van der Waals surface area contributed by atoms with Crippen LogP contribution < -0.4 is 10.0 Å². The van der Waals surface area contributed by atoms with E-state index in [0.29, 0.717) is 17.2 Å². The van der Waals surface area contributed by atoms with Crippen LogP contribution in [0, 0.1) is 0 Å². The van der Waals surface area contributed by atoms with E-state index in [9.17, 15) is 13.2 Å². The van der Waals surface area contributed by atoms with E-state index < -0.39 is 10.0 Å². The van der Waals surface area contributed by atoms with Crippen molar-refractivity contribution in [2.75, 3.05) is 10.0 Å². The minimum Gasteiger partial charge on any atom is -0.326 e. The minimum absolute atomic E-state index is 0.0416. The van der Waals surface area contributed by atoms with Crippen molar-refractivity contribution < 1.29 is 13.2 Å². The van der Waals surface area contributed by atoms with Crippen molar-refractivity contribution in [2.45, 2.75) is 63.2 Å². The summed E-state index contributed by atoms with van der Waals surface area (Å²) in [5.74, 6) is -0.0416. The van der Waals surface area contributed by atoms with Crippen LogP contribution in [0.1, 0.15) is 58.3 Å². The molecule has 0 unspecified atom stereocenters. The maximum atomic E-state index is 12.3. The Hall–Kier alpha value is -1.93. The molecule has 0 aliphatic carbocycles. The van der Waals surface area contributed by atoms with Crippen LogP contribution in [0.2, 0.25) is 0 Å². The maximum absolute atomic E-state index is 12.3. The Balaban J connectivity index is 1.75. The molecule has 0 fully saturated rings. The molecule has 6 nitrogen and oxygen atoms in total. The highest BCUT2D eigenvalue weighted by Crippen LogP contribution is 2.19. The zero-order valence-corrected chi connectivity index (χ0v) is 17.2. The summed E-state index contributed by atoms with van der Waals surface area (Å²) in [7, 11) is -3.67.